The van der Waals surface area contributed by atoms with E-state index in [2.05, 4.69) is 15.3 Å². The van der Waals surface area contributed by atoms with Gasteiger partial charge in [-0.2, -0.15) is 0 Å². The molecule has 4 rings (SSSR count). The summed E-state index contributed by atoms with van der Waals surface area (Å²) in [6.45, 7) is 1.96. The molecule has 2 N–H and O–H groups in total. The van der Waals surface area contributed by atoms with Gasteiger partial charge in [-0.1, -0.05) is 30.3 Å². The van der Waals surface area contributed by atoms with Gasteiger partial charge in [-0.15, -0.1) is 0 Å². The minimum atomic E-state index is -0.463. The summed E-state index contributed by atoms with van der Waals surface area (Å²) < 4.78 is 10.8. The van der Waals surface area contributed by atoms with Crippen LogP contribution in [0.5, 0.6) is 0 Å². The Kier molecular flexibility index (Phi) is 3.42. The molecule has 0 spiro atoms. The van der Waals surface area contributed by atoms with Crippen molar-refractivity contribution >= 4 is 16.8 Å². The molecule has 2 heterocycles. The molecule has 120 valence electrons. The maximum Gasteiger partial charge on any atom is 0.417 e. The van der Waals surface area contributed by atoms with Crippen molar-refractivity contribution in [3.05, 3.63) is 71.2 Å². The fourth-order valence-electron chi connectivity index (χ4n) is 2.58. The molecule has 0 bridgehead atoms. The summed E-state index contributed by atoms with van der Waals surface area (Å²) in [5.41, 5.74) is 3.00. The van der Waals surface area contributed by atoms with Gasteiger partial charge in [0, 0.05) is 11.3 Å². The van der Waals surface area contributed by atoms with Crippen molar-refractivity contribution in [2.24, 2.45) is 0 Å². The first kappa shape index (κ1) is 14.3. The van der Waals surface area contributed by atoms with Gasteiger partial charge in [-0.05, 0) is 25.1 Å². The van der Waals surface area contributed by atoms with Crippen LogP contribution in [0.4, 0.5) is 5.69 Å². The van der Waals surface area contributed by atoms with Gasteiger partial charge in [0.1, 0.15) is 6.04 Å². The number of benzene rings is 2. The highest BCUT2D eigenvalue weighted by Crippen LogP contribution is 2.25. The zero-order valence-corrected chi connectivity index (χ0v) is 12.9. The van der Waals surface area contributed by atoms with Crippen LogP contribution in [0.15, 0.2) is 68.4 Å². The van der Waals surface area contributed by atoms with Gasteiger partial charge in [0.15, 0.2) is 11.3 Å². The van der Waals surface area contributed by atoms with E-state index in [9.17, 15) is 4.79 Å². The molecule has 1 atom stereocenters. The van der Waals surface area contributed by atoms with Crippen LogP contribution < -0.4 is 11.1 Å². The molecule has 6 heteroatoms. The van der Waals surface area contributed by atoms with E-state index in [1.807, 2.05) is 49.4 Å². The van der Waals surface area contributed by atoms with Crippen LogP contribution in [-0.4, -0.2) is 9.97 Å². The zero-order chi connectivity index (χ0) is 16.5. The number of aromatic nitrogens is 2. The molecule has 0 saturated heterocycles. The third kappa shape index (κ3) is 2.69. The van der Waals surface area contributed by atoms with Crippen LogP contribution in [0.3, 0.4) is 0 Å². The molecule has 0 amide bonds. The highest BCUT2D eigenvalue weighted by Gasteiger charge is 2.14. The monoisotopic (exact) mass is 321 g/mol. The highest BCUT2D eigenvalue weighted by atomic mass is 16.4. The smallest absolute Gasteiger partial charge is 0.417 e. The lowest BCUT2D eigenvalue weighted by Gasteiger charge is -2.11. The Bertz CT molecular complexity index is 1030. The number of aromatic amines is 1. The summed E-state index contributed by atoms with van der Waals surface area (Å²) in [5.74, 6) is 0.860. The molecule has 4 aromatic rings. The molecule has 0 aliphatic heterocycles. The van der Waals surface area contributed by atoms with Crippen molar-refractivity contribution < 1.29 is 8.83 Å². The predicted molar refractivity (Wildman–Crippen MR) is 90.8 cm³/mol. The number of hydrogen-bond acceptors (Lipinski definition) is 5. The second-order valence-corrected chi connectivity index (χ2v) is 5.52. The molecule has 2 aromatic carbocycles. The molecule has 0 saturated carbocycles. The number of hydrogen-bond donors (Lipinski definition) is 2. The zero-order valence-electron chi connectivity index (χ0n) is 12.9. The molecule has 0 fully saturated rings. The normalized spacial score (nSPS) is 12.4. The van der Waals surface area contributed by atoms with E-state index >= 15 is 0 Å². The first-order chi connectivity index (χ1) is 11.7. The van der Waals surface area contributed by atoms with E-state index in [0.717, 1.165) is 17.0 Å². The van der Waals surface area contributed by atoms with E-state index in [0.29, 0.717) is 17.0 Å². The Morgan fingerprint density at radius 1 is 1.12 bits per heavy atom. The molecular formula is C18H15N3O3. The number of anilines is 1. The van der Waals surface area contributed by atoms with Crippen LogP contribution >= 0.6 is 0 Å². The van der Waals surface area contributed by atoms with E-state index in [1.54, 1.807) is 12.3 Å². The maximum atomic E-state index is 11.2. The van der Waals surface area contributed by atoms with Crippen LogP contribution in [0.1, 0.15) is 18.9 Å². The summed E-state index contributed by atoms with van der Waals surface area (Å²) in [5, 5.41) is 3.30. The van der Waals surface area contributed by atoms with E-state index in [1.165, 1.54) is 0 Å². The minimum Gasteiger partial charge on any atom is -0.438 e. The minimum absolute atomic E-state index is 0.126. The van der Waals surface area contributed by atoms with Crippen LogP contribution in [0.25, 0.3) is 22.4 Å². The molecule has 2 aromatic heterocycles. The topological polar surface area (TPSA) is 84.1 Å². The highest BCUT2D eigenvalue weighted by molar-refractivity contribution is 5.76. The average molecular weight is 321 g/mol. The number of nitrogens with zero attached hydrogens (tertiary/aromatic N) is 1. The molecule has 0 aliphatic rings. The van der Waals surface area contributed by atoms with Crippen molar-refractivity contribution in [2.45, 2.75) is 13.0 Å². The lowest BCUT2D eigenvalue weighted by Crippen LogP contribution is -2.06. The SMILES string of the molecule is CC(Nc1ccc2oc(=O)[nH]c2c1)c1ncc(-c2ccccc2)o1. The van der Waals surface area contributed by atoms with Gasteiger partial charge in [0.2, 0.25) is 5.89 Å². The second kappa shape index (κ2) is 5.73. The van der Waals surface area contributed by atoms with Crippen LogP contribution in [0.2, 0.25) is 0 Å². The Balaban J connectivity index is 1.56. The average Bonchev–Trinajstić information content (AvgIpc) is 3.21. The summed E-state index contributed by atoms with van der Waals surface area (Å²) >= 11 is 0. The Labute approximate surface area is 137 Å². The molecule has 1 unspecified atom stereocenters. The largest absolute Gasteiger partial charge is 0.438 e. The van der Waals surface area contributed by atoms with E-state index in [4.69, 9.17) is 8.83 Å². The Hall–Kier alpha value is -3.28. The standard InChI is InChI=1S/C18H15N3O3/c1-11(17-19-10-16(23-17)12-5-3-2-4-6-12)20-13-7-8-15-14(9-13)21-18(22)24-15/h2-11,20H,1H3,(H,21,22). The third-order valence-corrected chi connectivity index (χ3v) is 3.75. The van der Waals surface area contributed by atoms with Gasteiger partial charge in [0.05, 0.1) is 11.7 Å². The van der Waals surface area contributed by atoms with Crippen molar-refractivity contribution in [1.82, 2.24) is 9.97 Å². The van der Waals surface area contributed by atoms with Crippen LogP contribution in [-0.2, 0) is 0 Å². The number of rotatable bonds is 4. The van der Waals surface area contributed by atoms with E-state index < -0.39 is 5.76 Å². The van der Waals surface area contributed by atoms with Gasteiger partial charge in [-0.25, -0.2) is 9.78 Å². The fourth-order valence-corrected chi connectivity index (χ4v) is 2.58. The lowest BCUT2D eigenvalue weighted by molar-refractivity contribution is 0.485. The summed E-state index contributed by atoms with van der Waals surface area (Å²) in [6.07, 6.45) is 1.72. The number of oxazole rings is 2. The summed E-state index contributed by atoms with van der Waals surface area (Å²) in [7, 11) is 0. The van der Waals surface area contributed by atoms with Gasteiger partial charge in [0.25, 0.3) is 0 Å². The molecule has 6 nitrogen and oxygen atoms in total. The molecule has 24 heavy (non-hydrogen) atoms. The van der Waals surface area contributed by atoms with Crippen molar-refractivity contribution in [2.75, 3.05) is 5.32 Å². The van der Waals surface area contributed by atoms with Gasteiger partial charge in [-0.3, -0.25) is 4.98 Å². The maximum absolute atomic E-state index is 11.2. The molecular weight excluding hydrogens is 306 g/mol. The second-order valence-electron chi connectivity index (χ2n) is 5.52. The quantitative estimate of drug-likeness (QED) is 0.594. The summed E-state index contributed by atoms with van der Waals surface area (Å²) in [4.78, 5) is 18.2. The number of nitrogens with one attached hydrogen (secondary N) is 2. The number of H-pyrrole nitrogens is 1. The van der Waals surface area contributed by atoms with Crippen molar-refractivity contribution in [3.63, 3.8) is 0 Å². The number of fused-ring (bicyclic) bond motifs is 1. The first-order valence-corrected chi connectivity index (χ1v) is 7.59. The lowest BCUT2D eigenvalue weighted by atomic mass is 10.2. The predicted octanol–water partition coefficient (Wildman–Crippen LogP) is 3.95. The van der Waals surface area contributed by atoms with Gasteiger partial charge >= 0.3 is 5.76 Å². The van der Waals surface area contributed by atoms with Crippen LogP contribution in [0, 0.1) is 0 Å². The van der Waals surface area contributed by atoms with Crippen molar-refractivity contribution in [1.29, 1.82) is 0 Å². The Morgan fingerprint density at radius 2 is 1.96 bits per heavy atom. The van der Waals surface area contributed by atoms with E-state index in [-0.39, 0.29) is 6.04 Å². The van der Waals surface area contributed by atoms with Gasteiger partial charge < -0.3 is 14.2 Å². The Morgan fingerprint density at radius 3 is 2.79 bits per heavy atom. The summed E-state index contributed by atoms with van der Waals surface area (Å²) in [6, 6.07) is 15.1. The third-order valence-electron chi connectivity index (χ3n) is 3.75. The fraction of sp³-hybridized carbons (Fsp3) is 0.111. The van der Waals surface area contributed by atoms with Crippen molar-refractivity contribution in [3.8, 4) is 11.3 Å². The molecule has 0 radical (unpaired) electrons. The molecule has 0 aliphatic carbocycles. The first-order valence-electron chi connectivity index (χ1n) is 7.59.